The Kier molecular flexibility index (Phi) is 5.04. The lowest BCUT2D eigenvalue weighted by atomic mass is 9.96. The number of carbonyl (C=O) groups is 2. The van der Waals surface area contributed by atoms with E-state index in [0.29, 0.717) is 36.6 Å². The number of hydrogen-bond donors (Lipinski definition) is 0. The molecule has 0 bridgehead atoms. The van der Waals surface area contributed by atoms with Crippen LogP contribution in [0.2, 0.25) is 5.02 Å². The summed E-state index contributed by atoms with van der Waals surface area (Å²) in [4.78, 5) is 31.0. The minimum absolute atomic E-state index is 0.0740. The van der Waals surface area contributed by atoms with E-state index < -0.39 is 0 Å². The molecule has 1 amide bonds. The van der Waals surface area contributed by atoms with Crippen molar-refractivity contribution in [3.8, 4) is 0 Å². The number of hydrogen-bond acceptors (Lipinski definition) is 4. The van der Waals surface area contributed by atoms with Crippen LogP contribution in [0.5, 0.6) is 0 Å². The molecule has 2 aliphatic rings. The van der Waals surface area contributed by atoms with Crippen LogP contribution in [0.4, 0.5) is 0 Å². The van der Waals surface area contributed by atoms with Crippen LogP contribution in [0.15, 0.2) is 24.3 Å². The summed E-state index contributed by atoms with van der Waals surface area (Å²) >= 11 is 6.43. The summed E-state index contributed by atoms with van der Waals surface area (Å²) in [5, 5.41) is 1.55. The van der Waals surface area contributed by atoms with Gasteiger partial charge in [-0.15, -0.1) is 0 Å². The Morgan fingerprint density at radius 1 is 1.15 bits per heavy atom. The molecule has 1 aromatic carbocycles. The lowest BCUT2D eigenvalue weighted by Crippen LogP contribution is -2.41. The summed E-state index contributed by atoms with van der Waals surface area (Å²) in [6.07, 6.45) is 3.35. The van der Waals surface area contributed by atoms with Crippen LogP contribution in [0.1, 0.15) is 36.9 Å². The van der Waals surface area contributed by atoms with Crippen LogP contribution in [-0.4, -0.2) is 34.8 Å². The van der Waals surface area contributed by atoms with Crippen molar-refractivity contribution in [2.75, 3.05) is 13.1 Å². The monoisotopic (exact) mass is 386 g/mol. The fourth-order valence-corrected chi connectivity index (χ4v) is 3.89. The maximum atomic E-state index is 12.5. The number of piperidine rings is 1. The first-order valence-electron chi connectivity index (χ1n) is 9.53. The molecule has 2 fully saturated rings. The van der Waals surface area contributed by atoms with Gasteiger partial charge in [0.1, 0.15) is 6.61 Å². The Hall–Kier alpha value is -2.14. The van der Waals surface area contributed by atoms with Gasteiger partial charge < -0.3 is 9.64 Å². The standard InChI is InChI=1S/C21H23ClN2O3/c1-13-16-4-2-3-5-17(16)23-18(19(13)22)12-27-21(26)15-8-10-24(11-9-15)20(25)14-6-7-14/h2-5,14-15H,6-12H2,1H3. The second kappa shape index (κ2) is 7.47. The Morgan fingerprint density at radius 3 is 2.56 bits per heavy atom. The number of aryl methyl sites for hydroxylation is 1. The van der Waals surface area contributed by atoms with Gasteiger partial charge in [-0.1, -0.05) is 29.8 Å². The average Bonchev–Trinajstić information content (AvgIpc) is 3.54. The van der Waals surface area contributed by atoms with Crippen LogP contribution >= 0.6 is 11.6 Å². The van der Waals surface area contributed by atoms with E-state index in [4.69, 9.17) is 16.3 Å². The summed E-state index contributed by atoms with van der Waals surface area (Å²) in [6.45, 7) is 3.31. The van der Waals surface area contributed by atoms with E-state index in [2.05, 4.69) is 4.98 Å². The van der Waals surface area contributed by atoms with Crippen LogP contribution in [0.3, 0.4) is 0 Å². The summed E-state index contributed by atoms with van der Waals surface area (Å²) < 4.78 is 5.52. The fraction of sp³-hybridized carbons (Fsp3) is 0.476. The number of rotatable bonds is 4. The summed E-state index contributed by atoms with van der Waals surface area (Å²) in [6, 6.07) is 7.79. The number of ether oxygens (including phenoxy) is 1. The Morgan fingerprint density at radius 2 is 1.85 bits per heavy atom. The first kappa shape index (κ1) is 18.2. The molecule has 0 N–H and O–H groups in total. The maximum absolute atomic E-state index is 12.5. The number of carbonyl (C=O) groups excluding carboxylic acids is 2. The number of para-hydroxylation sites is 1. The molecule has 4 rings (SSSR count). The van der Waals surface area contributed by atoms with E-state index in [1.807, 2.05) is 36.1 Å². The van der Waals surface area contributed by atoms with Crippen molar-refractivity contribution in [1.82, 2.24) is 9.88 Å². The van der Waals surface area contributed by atoms with Crippen LogP contribution in [0.25, 0.3) is 10.9 Å². The predicted molar refractivity (Wildman–Crippen MR) is 103 cm³/mol. The SMILES string of the molecule is Cc1c(Cl)c(COC(=O)C2CCN(C(=O)C3CC3)CC2)nc2ccccc12. The zero-order valence-electron chi connectivity index (χ0n) is 15.4. The Balaban J connectivity index is 1.36. The molecular weight excluding hydrogens is 364 g/mol. The topological polar surface area (TPSA) is 59.5 Å². The number of esters is 1. The predicted octanol–water partition coefficient (Wildman–Crippen LogP) is 3.89. The molecule has 1 saturated carbocycles. The first-order valence-corrected chi connectivity index (χ1v) is 9.91. The van der Waals surface area contributed by atoms with Gasteiger partial charge in [0.15, 0.2) is 0 Å². The summed E-state index contributed by atoms with van der Waals surface area (Å²) in [5.41, 5.74) is 2.38. The third kappa shape index (κ3) is 3.79. The van der Waals surface area contributed by atoms with Crippen molar-refractivity contribution >= 4 is 34.4 Å². The second-order valence-electron chi connectivity index (χ2n) is 7.50. The minimum atomic E-state index is -0.225. The average molecular weight is 387 g/mol. The quantitative estimate of drug-likeness (QED) is 0.748. The van der Waals surface area contributed by atoms with E-state index in [9.17, 15) is 9.59 Å². The highest BCUT2D eigenvalue weighted by molar-refractivity contribution is 6.32. The zero-order valence-corrected chi connectivity index (χ0v) is 16.2. The van der Waals surface area contributed by atoms with Crippen LogP contribution < -0.4 is 0 Å². The van der Waals surface area contributed by atoms with Gasteiger partial charge in [0.25, 0.3) is 0 Å². The molecule has 1 aliphatic heterocycles. The van der Waals surface area contributed by atoms with E-state index in [0.717, 1.165) is 29.3 Å². The number of likely N-dealkylation sites (tertiary alicyclic amines) is 1. The molecule has 0 spiro atoms. The maximum Gasteiger partial charge on any atom is 0.309 e. The summed E-state index contributed by atoms with van der Waals surface area (Å²) in [5.74, 6) is 0.105. The van der Waals surface area contributed by atoms with Crippen LogP contribution in [-0.2, 0) is 20.9 Å². The Labute approximate surface area is 163 Å². The minimum Gasteiger partial charge on any atom is -0.459 e. The zero-order chi connectivity index (χ0) is 19.0. The highest BCUT2D eigenvalue weighted by Crippen LogP contribution is 2.33. The van der Waals surface area contributed by atoms with Crippen molar-refractivity contribution in [3.63, 3.8) is 0 Å². The molecule has 2 aromatic rings. The number of benzene rings is 1. The second-order valence-corrected chi connectivity index (χ2v) is 7.87. The van der Waals surface area contributed by atoms with E-state index >= 15 is 0 Å². The molecule has 0 unspecified atom stereocenters. The van der Waals surface area contributed by atoms with Crippen LogP contribution in [0, 0.1) is 18.8 Å². The molecule has 142 valence electrons. The molecule has 1 aromatic heterocycles. The third-order valence-electron chi connectivity index (χ3n) is 5.56. The fourth-order valence-electron chi connectivity index (χ4n) is 3.69. The number of amides is 1. The molecular formula is C21H23ClN2O3. The molecule has 1 saturated heterocycles. The van der Waals surface area contributed by atoms with E-state index in [-0.39, 0.29) is 30.3 Å². The molecule has 1 aliphatic carbocycles. The van der Waals surface area contributed by atoms with Crippen molar-refractivity contribution in [2.24, 2.45) is 11.8 Å². The van der Waals surface area contributed by atoms with Gasteiger partial charge in [0, 0.05) is 24.4 Å². The van der Waals surface area contributed by atoms with E-state index in [1.54, 1.807) is 0 Å². The molecule has 2 heterocycles. The number of halogens is 1. The normalized spacial score (nSPS) is 17.9. The largest absolute Gasteiger partial charge is 0.459 e. The Bertz CT molecular complexity index is 886. The molecule has 6 heteroatoms. The van der Waals surface area contributed by atoms with Gasteiger partial charge in [-0.3, -0.25) is 9.59 Å². The van der Waals surface area contributed by atoms with Crippen molar-refractivity contribution in [3.05, 3.63) is 40.5 Å². The number of fused-ring (bicyclic) bond motifs is 1. The van der Waals surface area contributed by atoms with Crippen molar-refractivity contribution in [2.45, 2.75) is 39.2 Å². The van der Waals surface area contributed by atoms with Gasteiger partial charge in [-0.25, -0.2) is 4.98 Å². The van der Waals surface area contributed by atoms with Gasteiger partial charge >= 0.3 is 5.97 Å². The number of pyridine rings is 1. The van der Waals surface area contributed by atoms with Crippen molar-refractivity contribution in [1.29, 1.82) is 0 Å². The first-order chi connectivity index (χ1) is 13.0. The van der Waals surface area contributed by atoms with E-state index in [1.165, 1.54) is 0 Å². The smallest absolute Gasteiger partial charge is 0.309 e. The number of aromatic nitrogens is 1. The molecule has 0 atom stereocenters. The van der Waals surface area contributed by atoms with Gasteiger partial charge in [-0.2, -0.15) is 0 Å². The molecule has 27 heavy (non-hydrogen) atoms. The lowest BCUT2D eigenvalue weighted by Gasteiger charge is -2.31. The van der Waals surface area contributed by atoms with Gasteiger partial charge in [-0.05, 0) is 44.2 Å². The van der Waals surface area contributed by atoms with Crippen molar-refractivity contribution < 1.29 is 14.3 Å². The summed E-state index contributed by atoms with van der Waals surface area (Å²) in [7, 11) is 0. The van der Waals surface area contributed by atoms with Gasteiger partial charge in [0.2, 0.25) is 5.91 Å². The lowest BCUT2D eigenvalue weighted by molar-refractivity contribution is -0.153. The number of nitrogens with zero attached hydrogens (tertiary/aromatic N) is 2. The van der Waals surface area contributed by atoms with Gasteiger partial charge in [0.05, 0.1) is 22.2 Å². The molecule has 5 nitrogen and oxygen atoms in total. The highest BCUT2D eigenvalue weighted by Gasteiger charge is 2.36. The third-order valence-corrected chi connectivity index (χ3v) is 6.07. The molecule has 0 radical (unpaired) electrons. The highest BCUT2D eigenvalue weighted by atomic mass is 35.5.